The molecule has 18 heavy (non-hydrogen) atoms. The van der Waals surface area contributed by atoms with Gasteiger partial charge < -0.3 is 10.1 Å². The van der Waals surface area contributed by atoms with Gasteiger partial charge in [-0.25, -0.2) is 9.97 Å². The minimum absolute atomic E-state index is 0.469. The van der Waals surface area contributed by atoms with Gasteiger partial charge in [0.1, 0.15) is 11.4 Å². The van der Waals surface area contributed by atoms with Crippen LogP contribution >= 0.6 is 15.9 Å². The summed E-state index contributed by atoms with van der Waals surface area (Å²) in [5.74, 6) is 1.54. The van der Waals surface area contributed by atoms with E-state index in [1.54, 1.807) is 0 Å². The van der Waals surface area contributed by atoms with E-state index in [-0.39, 0.29) is 0 Å². The monoisotopic (exact) mass is 315 g/mol. The molecule has 0 bridgehead atoms. The summed E-state index contributed by atoms with van der Waals surface area (Å²) in [5, 5.41) is 3.10. The quantitative estimate of drug-likeness (QED) is 0.872. The molecule has 1 aromatic rings. The molecule has 0 aliphatic carbocycles. The van der Waals surface area contributed by atoms with Crippen LogP contribution in [0.4, 0.5) is 5.82 Å². The molecule has 0 radical (unpaired) electrons. The average molecular weight is 316 g/mol. The fourth-order valence-corrected chi connectivity index (χ4v) is 2.33. The highest BCUT2D eigenvalue weighted by Gasteiger charge is 2.26. The van der Waals surface area contributed by atoms with Gasteiger partial charge in [-0.05, 0) is 43.1 Å². The van der Waals surface area contributed by atoms with E-state index >= 15 is 0 Å². The third-order valence-corrected chi connectivity index (χ3v) is 3.52. The van der Waals surface area contributed by atoms with Gasteiger partial charge in [0.05, 0.1) is 10.2 Å². The number of rotatable bonds is 6. The number of anilines is 1. The fourth-order valence-electron chi connectivity index (χ4n) is 1.76. The van der Waals surface area contributed by atoms with Crippen molar-refractivity contribution in [2.75, 3.05) is 19.0 Å². The summed E-state index contributed by atoms with van der Waals surface area (Å²) in [6, 6.07) is 0. The van der Waals surface area contributed by atoms with Crippen LogP contribution in [-0.4, -0.2) is 23.6 Å². The molecule has 4 nitrogen and oxygen atoms in total. The number of hydrogen-bond acceptors (Lipinski definition) is 4. The summed E-state index contributed by atoms with van der Waals surface area (Å²) >= 11 is 3.55. The zero-order valence-electron chi connectivity index (χ0n) is 11.8. The van der Waals surface area contributed by atoms with Gasteiger partial charge in [-0.1, -0.05) is 13.3 Å². The van der Waals surface area contributed by atoms with Gasteiger partial charge in [-0.3, -0.25) is 0 Å². The van der Waals surface area contributed by atoms with E-state index in [1.807, 2.05) is 27.8 Å². The van der Waals surface area contributed by atoms with Crippen molar-refractivity contribution in [3.05, 3.63) is 16.0 Å². The Morgan fingerprint density at radius 2 is 1.94 bits per heavy atom. The second kappa shape index (κ2) is 6.48. The van der Waals surface area contributed by atoms with E-state index in [4.69, 9.17) is 4.74 Å². The Bertz CT molecular complexity index is 407. The lowest BCUT2D eigenvalue weighted by atomic mass is 10.1. The highest BCUT2D eigenvalue weighted by Crippen LogP contribution is 2.29. The Kier molecular flexibility index (Phi) is 5.53. The van der Waals surface area contributed by atoms with Crippen LogP contribution in [0.1, 0.15) is 45.6 Å². The Balaban J connectivity index is 3.24. The third kappa shape index (κ3) is 3.42. The van der Waals surface area contributed by atoms with E-state index in [1.165, 1.54) is 0 Å². The summed E-state index contributed by atoms with van der Waals surface area (Å²) in [5.41, 5.74) is 0.559. The molecule has 0 amide bonds. The Hall–Kier alpha value is -0.680. The van der Waals surface area contributed by atoms with Crippen molar-refractivity contribution in [1.82, 2.24) is 9.97 Å². The number of halogens is 1. The summed E-state index contributed by atoms with van der Waals surface area (Å²) in [4.78, 5) is 9.17. The number of ether oxygens (including phenoxy) is 1. The van der Waals surface area contributed by atoms with Crippen LogP contribution in [0.3, 0.4) is 0 Å². The van der Waals surface area contributed by atoms with E-state index in [2.05, 4.69) is 38.1 Å². The SMILES string of the molecule is CCCc1nc(C(C)(C)OCC)nc(NC)c1Br. The van der Waals surface area contributed by atoms with E-state index in [0.717, 1.165) is 34.7 Å². The first-order valence-corrected chi connectivity index (χ1v) is 7.14. The molecular formula is C13H22BrN3O. The molecule has 0 unspecified atom stereocenters. The molecule has 0 spiro atoms. The minimum atomic E-state index is -0.469. The van der Waals surface area contributed by atoms with Crippen LogP contribution in [0.5, 0.6) is 0 Å². The molecule has 0 aliphatic heterocycles. The lowest BCUT2D eigenvalue weighted by Crippen LogP contribution is -2.26. The summed E-state index contributed by atoms with van der Waals surface area (Å²) in [6.45, 7) is 8.75. The zero-order valence-corrected chi connectivity index (χ0v) is 13.4. The van der Waals surface area contributed by atoms with Crippen molar-refractivity contribution in [2.24, 2.45) is 0 Å². The summed E-state index contributed by atoms with van der Waals surface area (Å²) < 4.78 is 6.67. The lowest BCUT2D eigenvalue weighted by Gasteiger charge is -2.24. The molecule has 0 fully saturated rings. The topological polar surface area (TPSA) is 47.0 Å². The third-order valence-electron chi connectivity index (χ3n) is 2.69. The molecule has 0 aliphatic rings. The number of hydrogen-bond donors (Lipinski definition) is 1. The molecule has 1 aromatic heterocycles. The van der Waals surface area contributed by atoms with Crippen molar-refractivity contribution in [2.45, 2.75) is 46.1 Å². The maximum atomic E-state index is 5.72. The predicted octanol–water partition coefficient (Wildman–Crippen LogP) is 3.50. The standard InChI is InChI=1S/C13H22BrN3O/c1-6-8-9-10(14)11(15-5)17-12(16-9)13(3,4)18-7-2/h6-8H2,1-5H3,(H,15,16,17). The number of nitrogens with zero attached hydrogens (tertiary/aromatic N) is 2. The highest BCUT2D eigenvalue weighted by atomic mass is 79.9. The molecule has 0 saturated carbocycles. The van der Waals surface area contributed by atoms with Crippen molar-refractivity contribution >= 4 is 21.7 Å². The second-order valence-corrected chi connectivity index (χ2v) is 5.39. The molecule has 0 atom stereocenters. The van der Waals surface area contributed by atoms with Crippen LogP contribution in [0, 0.1) is 0 Å². The largest absolute Gasteiger partial charge is 0.372 e. The highest BCUT2D eigenvalue weighted by molar-refractivity contribution is 9.10. The lowest BCUT2D eigenvalue weighted by molar-refractivity contribution is -0.0208. The van der Waals surface area contributed by atoms with Crippen molar-refractivity contribution in [3.63, 3.8) is 0 Å². The van der Waals surface area contributed by atoms with Gasteiger partial charge >= 0.3 is 0 Å². The summed E-state index contributed by atoms with van der Waals surface area (Å²) in [6.07, 6.45) is 1.97. The van der Waals surface area contributed by atoms with Crippen molar-refractivity contribution in [3.8, 4) is 0 Å². The van der Waals surface area contributed by atoms with E-state index < -0.39 is 5.60 Å². The predicted molar refractivity (Wildman–Crippen MR) is 77.9 cm³/mol. The normalized spacial score (nSPS) is 11.7. The molecule has 1 heterocycles. The maximum absolute atomic E-state index is 5.72. The van der Waals surface area contributed by atoms with Crippen LogP contribution in [0.2, 0.25) is 0 Å². The fraction of sp³-hybridized carbons (Fsp3) is 0.692. The molecule has 1 rings (SSSR count). The maximum Gasteiger partial charge on any atom is 0.162 e. The van der Waals surface area contributed by atoms with Crippen LogP contribution < -0.4 is 5.32 Å². The first-order valence-electron chi connectivity index (χ1n) is 6.34. The number of aryl methyl sites for hydroxylation is 1. The smallest absolute Gasteiger partial charge is 0.162 e. The number of aromatic nitrogens is 2. The van der Waals surface area contributed by atoms with E-state index in [0.29, 0.717) is 6.61 Å². The van der Waals surface area contributed by atoms with E-state index in [9.17, 15) is 0 Å². The van der Waals surface area contributed by atoms with Crippen LogP contribution in [-0.2, 0) is 16.8 Å². The first-order chi connectivity index (χ1) is 8.46. The van der Waals surface area contributed by atoms with Gasteiger partial charge in [0.15, 0.2) is 5.82 Å². The zero-order chi connectivity index (χ0) is 13.8. The van der Waals surface area contributed by atoms with Crippen LogP contribution in [0.25, 0.3) is 0 Å². The summed E-state index contributed by atoms with van der Waals surface area (Å²) in [7, 11) is 1.86. The van der Waals surface area contributed by atoms with Gasteiger partial charge in [-0.2, -0.15) is 0 Å². The number of nitrogens with one attached hydrogen (secondary N) is 1. The Labute approximate surface area is 118 Å². The van der Waals surface area contributed by atoms with Gasteiger partial charge in [-0.15, -0.1) is 0 Å². The molecule has 102 valence electrons. The van der Waals surface area contributed by atoms with Crippen molar-refractivity contribution in [1.29, 1.82) is 0 Å². The van der Waals surface area contributed by atoms with Gasteiger partial charge in [0.25, 0.3) is 0 Å². The van der Waals surface area contributed by atoms with Crippen LogP contribution in [0.15, 0.2) is 4.47 Å². The second-order valence-electron chi connectivity index (χ2n) is 4.60. The minimum Gasteiger partial charge on any atom is -0.372 e. The Morgan fingerprint density at radius 3 is 2.44 bits per heavy atom. The molecule has 5 heteroatoms. The molecule has 0 aromatic carbocycles. The van der Waals surface area contributed by atoms with Crippen molar-refractivity contribution < 1.29 is 4.74 Å². The molecule has 1 N–H and O–H groups in total. The molecular weight excluding hydrogens is 294 g/mol. The average Bonchev–Trinajstić information content (AvgIpc) is 2.31. The first kappa shape index (κ1) is 15.4. The van der Waals surface area contributed by atoms with Gasteiger partial charge in [0, 0.05) is 13.7 Å². The molecule has 0 saturated heterocycles. The Morgan fingerprint density at radius 1 is 1.28 bits per heavy atom. The van der Waals surface area contributed by atoms with Gasteiger partial charge in [0.2, 0.25) is 0 Å².